The van der Waals surface area contributed by atoms with Crippen LogP contribution in [0.15, 0.2) is 24.1 Å². The monoisotopic (exact) mass is 181 g/mol. The predicted octanol–water partition coefficient (Wildman–Crippen LogP) is 1.67. The van der Waals surface area contributed by atoms with Crippen LogP contribution in [-0.4, -0.2) is 24.5 Å². The molecular formula is C10H15NO2. The van der Waals surface area contributed by atoms with Gasteiger partial charge in [-0.15, -0.1) is 0 Å². The highest BCUT2D eigenvalue weighted by Crippen LogP contribution is 2.21. The second-order valence-electron chi connectivity index (χ2n) is 2.95. The number of carbonyl (C=O) groups is 1. The Balaban J connectivity index is 2.78. The third-order valence-electron chi connectivity index (χ3n) is 2.17. The van der Waals surface area contributed by atoms with Crippen LogP contribution >= 0.6 is 0 Å². The van der Waals surface area contributed by atoms with Crippen LogP contribution in [0.1, 0.15) is 19.8 Å². The maximum absolute atomic E-state index is 11.4. The van der Waals surface area contributed by atoms with Crippen LogP contribution < -0.4 is 0 Å². The van der Waals surface area contributed by atoms with Crippen LogP contribution in [0.3, 0.4) is 0 Å². The summed E-state index contributed by atoms with van der Waals surface area (Å²) in [5, 5.41) is 0. The van der Waals surface area contributed by atoms with Gasteiger partial charge in [0.2, 0.25) is 5.91 Å². The largest absolute Gasteiger partial charge is 0.495 e. The quantitative estimate of drug-likeness (QED) is 0.489. The van der Waals surface area contributed by atoms with Gasteiger partial charge in [-0.1, -0.05) is 12.7 Å². The van der Waals surface area contributed by atoms with E-state index < -0.39 is 0 Å². The standard InChI is InChI=1S/C10H15NO2/c1-4-9(8(2)13-3)11-7-5-6-10(11)12/h4H,2,5-7H2,1,3H3/b9-4-. The van der Waals surface area contributed by atoms with Crippen molar-refractivity contribution in [1.29, 1.82) is 0 Å². The average Bonchev–Trinajstić information content (AvgIpc) is 2.53. The maximum atomic E-state index is 11.4. The third kappa shape index (κ3) is 1.91. The number of hydrogen-bond donors (Lipinski definition) is 0. The molecule has 0 N–H and O–H groups in total. The van der Waals surface area contributed by atoms with E-state index in [1.807, 2.05) is 13.0 Å². The molecule has 0 saturated carbocycles. The summed E-state index contributed by atoms with van der Waals surface area (Å²) in [4.78, 5) is 13.1. The van der Waals surface area contributed by atoms with Gasteiger partial charge in [0.25, 0.3) is 0 Å². The first-order valence-corrected chi connectivity index (χ1v) is 4.40. The van der Waals surface area contributed by atoms with E-state index in [-0.39, 0.29) is 5.91 Å². The number of rotatable bonds is 3. The molecule has 1 fully saturated rings. The highest BCUT2D eigenvalue weighted by molar-refractivity contribution is 5.80. The Morgan fingerprint density at radius 3 is 2.77 bits per heavy atom. The summed E-state index contributed by atoms with van der Waals surface area (Å²) < 4.78 is 5.01. The van der Waals surface area contributed by atoms with Crippen LogP contribution in [0, 0.1) is 0 Å². The van der Waals surface area contributed by atoms with Crippen molar-refractivity contribution >= 4 is 5.91 Å². The lowest BCUT2D eigenvalue weighted by atomic mass is 10.3. The molecule has 1 rings (SSSR count). The summed E-state index contributed by atoms with van der Waals surface area (Å²) in [5.74, 6) is 0.712. The topological polar surface area (TPSA) is 29.5 Å². The number of ether oxygens (including phenoxy) is 1. The summed E-state index contributed by atoms with van der Waals surface area (Å²) in [7, 11) is 1.56. The van der Waals surface area contributed by atoms with Gasteiger partial charge < -0.3 is 9.64 Å². The van der Waals surface area contributed by atoms with E-state index in [2.05, 4.69) is 6.58 Å². The zero-order valence-electron chi connectivity index (χ0n) is 8.17. The van der Waals surface area contributed by atoms with Gasteiger partial charge in [-0.25, -0.2) is 0 Å². The van der Waals surface area contributed by atoms with Crippen molar-refractivity contribution in [3.63, 3.8) is 0 Å². The van der Waals surface area contributed by atoms with E-state index in [9.17, 15) is 4.79 Å². The Morgan fingerprint density at radius 1 is 1.69 bits per heavy atom. The van der Waals surface area contributed by atoms with Crippen LogP contribution in [0.4, 0.5) is 0 Å². The number of allylic oxidation sites excluding steroid dienone is 1. The number of carbonyl (C=O) groups excluding carboxylic acids is 1. The molecule has 3 nitrogen and oxygen atoms in total. The second kappa shape index (κ2) is 4.12. The van der Waals surface area contributed by atoms with Crippen LogP contribution in [-0.2, 0) is 9.53 Å². The van der Waals surface area contributed by atoms with E-state index in [1.165, 1.54) is 0 Å². The first kappa shape index (κ1) is 9.84. The molecule has 13 heavy (non-hydrogen) atoms. The van der Waals surface area contributed by atoms with E-state index in [0.717, 1.165) is 18.7 Å². The van der Waals surface area contributed by atoms with Gasteiger partial charge in [-0.05, 0) is 13.3 Å². The second-order valence-corrected chi connectivity index (χ2v) is 2.95. The minimum absolute atomic E-state index is 0.159. The number of nitrogens with zero attached hydrogens (tertiary/aromatic N) is 1. The van der Waals surface area contributed by atoms with E-state index in [4.69, 9.17) is 4.74 Å². The molecule has 1 aliphatic rings. The number of methoxy groups -OCH3 is 1. The van der Waals surface area contributed by atoms with E-state index >= 15 is 0 Å². The third-order valence-corrected chi connectivity index (χ3v) is 2.17. The Kier molecular flexibility index (Phi) is 3.12. The SMILES string of the molecule is C=C(OC)/C(=C/C)N1CCCC1=O. The molecule has 1 amide bonds. The lowest BCUT2D eigenvalue weighted by Crippen LogP contribution is -2.25. The van der Waals surface area contributed by atoms with Crippen LogP contribution in [0.5, 0.6) is 0 Å². The van der Waals surface area contributed by atoms with E-state index in [0.29, 0.717) is 12.2 Å². The molecule has 1 aliphatic heterocycles. The van der Waals surface area contributed by atoms with Gasteiger partial charge in [0, 0.05) is 13.0 Å². The summed E-state index contributed by atoms with van der Waals surface area (Å²) in [6.45, 7) is 6.40. The average molecular weight is 181 g/mol. The maximum Gasteiger partial charge on any atom is 0.227 e. The molecule has 0 aromatic carbocycles. The summed E-state index contributed by atoms with van der Waals surface area (Å²) in [5.41, 5.74) is 0.796. The molecule has 0 unspecified atom stereocenters. The van der Waals surface area contributed by atoms with Crippen molar-refractivity contribution in [2.45, 2.75) is 19.8 Å². The number of likely N-dealkylation sites (tertiary alicyclic amines) is 1. The highest BCUT2D eigenvalue weighted by Gasteiger charge is 2.24. The van der Waals surface area contributed by atoms with E-state index in [1.54, 1.807) is 12.0 Å². The molecule has 0 aromatic heterocycles. The van der Waals surface area contributed by atoms with Crippen molar-refractivity contribution in [2.24, 2.45) is 0 Å². The van der Waals surface area contributed by atoms with Gasteiger partial charge in [0.15, 0.2) is 0 Å². The fraction of sp³-hybridized carbons (Fsp3) is 0.500. The Labute approximate surface area is 78.7 Å². The van der Waals surface area contributed by atoms with Crippen molar-refractivity contribution in [3.05, 3.63) is 24.1 Å². The van der Waals surface area contributed by atoms with Gasteiger partial charge in [-0.2, -0.15) is 0 Å². The minimum atomic E-state index is 0.159. The van der Waals surface area contributed by atoms with Crippen molar-refractivity contribution in [2.75, 3.05) is 13.7 Å². The van der Waals surface area contributed by atoms with Crippen molar-refractivity contribution in [1.82, 2.24) is 4.90 Å². The molecule has 0 spiro atoms. The zero-order valence-corrected chi connectivity index (χ0v) is 8.17. The fourth-order valence-corrected chi connectivity index (χ4v) is 1.47. The smallest absolute Gasteiger partial charge is 0.227 e. The normalized spacial score (nSPS) is 17.8. The molecule has 1 heterocycles. The Bertz CT molecular complexity index is 256. The lowest BCUT2D eigenvalue weighted by molar-refractivity contribution is -0.126. The van der Waals surface area contributed by atoms with Gasteiger partial charge in [-0.3, -0.25) is 4.79 Å². The molecule has 0 radical (unpaired) electrons. The van der Waals surface area contributed by atoms with Crippen molar-refractivity contribution < 1.29 is 9.53 Å². The summed E-state index contributed by atoms with van der Waals surface area (Å²) >= 11 is 0. The highest BCUT2D eigenvalue weighted by atomic mass is 16.5. The first-order chi connectivity index (χ1) is 6.20. The Hall–Kier alpha value is -1.25. The zero-order chi connectivity index (χ0) is 9.84. The lowest BCUT2D eigenvalue weighted by Gasteiger charge is -2.20. The van der Waals surface area contributed by atoms with Gasteiger partial charge >= 0.3 is 0 Å². The summed E-state index contributed by atoms with van der Waals surface area (Å²) in [6.07, 6.45) is 3.41. The van der Waals surface area contributed by atoms with Crippen LogP contribution in [0.25, 0.3) is 0 Å². The summed E-state index contributed by atoms with van der Waals surface area (Å²) in [6, 6.07) is 0. The molecule has 0 aliphatic carbocycles. The molecular weight excluding hydrogens is 166 g/mol. The molecule has 1 saturated heterocycles. The van der Waals surface area contributed by atoms with Crippen LogP contribution in [0.2, 0.25) is 0 Å². The molecule has 0 atom stereocenters. The molecule has 0 aromatic rings. The van der Waals surface area contributed by atoms with Crippen molar-refractivity contribution in [3.8, 4) is 0 Å². The number of hydrogen-bond acceptors (Lipinski definition) is 2. The molecule has 72 valence electrons. The Morgan fingerprint density at radius 2 is 2.38 bits per heavy atom. The number of amides is 1. The molecule has 3 heteroatoms. The predicted molar refractivity (Wildman–Crippen MR) is 50.9 cm³/mol. The molecule has 0 bridgehead atoms. The fourth-order valence-electron chi connectivity index (χ4n) is 1.47. The first-order valence-electron chi connectivity index (χ1n) is 4.40. The van der Waals surface area contributed by atoms with Gasteiger partial charge in [0.05, 0.1) is 12.8 Å². The van der Waals surface area contributed by atoms with Gasteiger partial charge in [0.1, 0.15) is 5.76 Å². The minimum Gasteiger partial charge on any atom is -0.495 e.